The summed E-state index contributed by atoms with van der Waals surface area (Å²) in [5.41, 5.74) is 0. The molecule has 0 nitrogen and oxygen atoms in total. The molecule has 0 radical (unpaired) electrons. The topological polar surface area (TPSA) is 0 Å². The zero-order valence-electron chi connectivity index (χ0n) is 6.58. The van der Waals surface area contributed by atoms with Gasteiger partial charge in [0.25, 0.3) is 0 Å². The van der Waals surface area contributed by atoms with Crippen LogP contribution < -0.4 is 125 Å². The number of hydrogen-bond acceptors (Lipinski definition) is 0. The third kappa shape index (κ3) is 105. The maximum Gasteiger partial charge on any atom is 1.00 e. The van der Waals surface area contributed by atoms with Crippen LogP contribution in [0.5, 0.6) is 0 Å². The molecule has 11 heavy (non-hydrogen) atoms. The van der Waals surface area contributed by atoms with Crippen LogP contribution in [-0.2, 0) is 15.9 Å². The Morgan fingerprint density at radius 1 is 0.545 bits per heavy atom. The summed E-state index contributed by atoms with van der Waals surface area (Å²) in [6, 6.07) is 0. The SMILES string of the molecule is [Cl-].[Cl-].[Cl-].[Cl-].[Cl][Pd][Cl].[Li+].[Li+].[Li+].[Li+]. The molecule has 0 amide bonds. The van der Waals surface area contributed by atoms with Crippen molar-refractivity contribution in [1.29, 1.82) is 0 Å². The molecule has 0 aromatic heterocycles. The van der Waals surface area contributed by atoms with Crippen LogP contribution in [0.25, 0.3) is 0 Å². The summed E-state index contributed by atoms with van der Waals surface area (Å²) in [5.74, 6) is 0. The van der Waals surface area contributed by atoms with Gasteiger partial charge in [-0.1, -0.05) is 0 Å². The van der Waals surface area contributed by atoms with Crippen LogP contribution in [0.3, 0.4) is 0 Å². The molecule has 0 rings (SSSR count). The number of hydrogen-bond donors (Lipinski definition) is 0. The molecule has 0 unspecified atom stereocenters. The zero-order valence-corrected chi connectivity index (χ0v) is 12.7. The molecule has 0 atom stereocenters. The summed E-state index contributed by atoms with van der Waals surface area (Å²) in [4.78, 5) is 0. The van der Waals surface area contributed by atoms with Gasteiger partial charge < -0.3 is 49.6 Å². The molecular formula is Cl6Li4Pd. The molecule has 0 aromatic rings. The fourth-order valence-corrected chi connectivity index (χ4v) is 0. The van der Waals surface area contributed by atoms with Crippen molar-refractivity contribution in [3.8, 4) is 0 Å². The molecule has 56 valence electrons. The van der Waals surface area contributed by atoms with Crippen LogP contribution in [0.2, 0.25) is 0 Å². The van der Waals surface area contributed by atoms with Crippen LogP contribution in [0.4, 0.5) is 0 Å². The quantitative estimate of drug-likeness (QED) is 0.382. The molecule has 0 heterocycles. The summed E-state index contributed by atoms with van der Waals surface area (Å²) in [6.45, 7) is 0. The molecule has 0 aliphatic heterocycles. The first-order chi connectivity index (χ1) is 1.41. The average molecular weight is 347 g/mol. The summed E-state index contributed by atoms with van der Waals surface area (Å²) in [5, 5.41) is 0. The minimum atomic E-state index is -0.106. The van der Waals surface area contributed by atoms with E-state index in [1.165, 1.54) is 0 Å². The van der Waals surface area contributed by atoms with Crippen LogP contribution >= 0.6 is 19.1 Å². The van der Waals surface area contributed by atoms with Crippen molar-refractivity contribution in [2.75, 3.05) is 0 Å². The van der Waals surface area contributed by atoms with Gasteiger partial charge in [-0.3, -0.25) is 0 Å². The van der Waals surface area contributed by atoms with Gasteiger partial charge in [0.2, 0.25) is 0 Å². The van der Waals surface area contributed by atoms with Gasteiger partial charge in [0.15, 0.2) is 0 Å². The second kappa shape index (κ2) is 83.9. The third-order valence-corrected chi connectivity index (χ3v) is 0. The van der Waals surface area contributed by atoms with Gasteiger partial charge in [0.1, 0.15) is 0 Å². The van der Waals surface area contributed by atoms with E-state index >= 15 is 0 Å². The Labute approximate surface area is 157 Å². The van der Waals surface area contributed by atoms with E-state index in [2.05, 4.69) is 0 Å². The average Bonchev–Trinajstić information content (AvgIpc) is 0.918. The fraction of sp³-hybridized carbons (Fsp3) is 0. The van der Waals surface area contributed by atoms with E-state index in [1.807, 2.05) is 0 Å². The molecule has 0 spiro atoms. The first-order valence-electron chi connectivity index (χ1n) is 0.239. The Hall–Kier alpha value is 4.79. The Morgan fingerprint density at radius 3 is 0.545 bits per heavy atom. The van der Waals surface area contributed by atoms with Crippen LogP contribution in [0, 0.1) is 0 Å². The molecule has 0 aliphatic rings. The van der Waals surface area contributed by atoms with Crippen molar-refractivity contribution >= 4 is 19.1 Å². The van der Waals surface area contributed by atoms with Crippen LogP contribution in [0.1, 0.15) is 0 Å². The Balaban J connectivity index is -0.000000000714. The monoisotopic (exact) mass is 344 g/mol. The molecule has 0 fully saturated rings. The Kier molecular flexibility index (Phi) is 571. The van der Waals surface area contributed by atoms with Gasteiger partial charge in [-0.2, -0.15) is 0 Å². The minimum absolute atomic E-state index is 0. The van der Waals surface area contributed by atoms with E-state index in [0.717, 1.165) is 0 Å². The predicted molar refractivity (Wildman–Crippen MR) is 11.7 cm³/mol. The van der Waals surface area contributed by atoms with E-state index in [9.17, 15) is 0 Å². The number of halogens is 6. The maximum absolute atomic E-state index is 4.81. The molecule has 0 N–H and O–H groups in total. The second-order valence-corrected chi connectivity index (χ2v) is 2.41. The Bertz CT molecular complexity index is 14.5. The fourth-order valence-electron chi connectivity index (χ4n) is 0. The van der Waals surface area contributed by atoms with Gasteiger partial charge in [0, 0.05) is 0 Å². The van der Waals surface area contributed by atoms with E-state index < -0.39 is 0 Å². The number of rotatable bonds is 0. The smallest absolute Gasteiger partial charge is 1.00 e. The summed E-state index contributed by atoms with van der Waals surface area (Å²) in [6.07, 6.45) is 0. The maximum atomic E-state index is 4.81. The first kappa shape index (κ1) is 74.9. The van der Waals surface area contributed by atoms with E-state index in [-0.39, 0.29) is 141 Å². The normalized spacial score (nSPS) is 2.00. The molecule has 0 bridgehead atoms. The molecule has 0 aliphatic carbocycles. The molecule has 0 aromatic carbocycles. The predicted octanol–water partition coefficient (Wildman–Crippen LogP) is -22.6. The van der Waals surface area contributed by atoms with Crippen molar-refractivity contribution in [2.24, 2.45) is 0 Å². The van der Waals surface area contributed by atoms with Crippen molar-refractivity contribution in [1.82, 2.24) is 0 Å². The van der Waals surface area contributed by atoms with E-state index in [4.69, 9.17) is 19.1 Å². The first-order valence-corrected chi connectivity index (χ1v) is 4.24. The van der Waals surface area contributed by atoms with Gasteiger partial charge in [-0.05, 0) is 0 Å². The largest absolute Gasteiger partial charge is 1.00 e. The van der Waals surface area contributed by atoms with Gasteiger partial charge in [-0.15, -0.1) is 0 Å². The summed E-state index contributed by atoms with van der Waals surface area (Å²) >= 11 is -0.106. The molecule has 0 saturated heterocycles. The van der Waals surface area contributed by atoms with E-state index in [1.54, 1.807) is 0 Å². The molecular weight excluding hydrogens is 347 g/mol. The zero-order chi connectivity index (χ0) is 2.71. The minimum Gasteiger partial charge on any atom is 1.00 e. The van der Waals surface area contributed by atoms with Crippen LogP contribution in [0.15, 0.2) is 0 Å². The van der Waals surface area contributed by atoms with Gasteiger partial charge >= 0.3 is 110 Å². The standard InChI is InChI=1S/6ClH.4Li.Pd/h6*1H;;;;;/q;;;;;;4*+1;+2/p-6. The summed E-state index contributed by atoms with van der Waals surface area (Å²) in [7, 11) is 9.63. The van der Waals surface area contributed by atoms with Crippen molar-refractivity contribution in [3.05, 3.63) is 0 Å². The van der Waals surface area contributed by atoms with Gasteiger partial charge in [-0.25, -0.2) is 0 Å². The molecule has 11 heteroatoms. The van der Waals surface area contributed by atoms with Crippen molar-refractivity contribution < 1.29 is 141 Å². The second-order valence-electron chi connectivity index (χ2n) is 0.0452. The molecule has 0 saturated carbocycles. The Morgan fingerprint density at radius 2 is 0.545 bits per heavy atom. The van der Waals surface area contributed by atoms with Crippen molar-refractivity contribution in [2.45, 2.75) is 0 Å². The summed E-state index contributed by atoms with van der Waals surface area (Å²) < 4.78 is 0. The van der Waals surface area contributed by atoms with Crippen molar-refractivity contribution in [3.63, 3.8) is 0 Å². The van der Waals surface area contributed by atoms with Gasteiger partial charge in [0.05, 0.1) is 0 Å². The van der Waals surface area contributed by atoms with E-state index in [0.29, 0.717) is 0 Å². The van der Waals surface area contributed by atoms with Crippen LogP contribution in [-0.4, -0.2) is 0 Å². The third-order valence-electron chi connectivity index (χ3n) is 0.